The summed E-state index contributed by atoms with van der Waals surface area (Å²) < 4.78 is 4.89. The predicted molar refractivity (Wildman–Crippen MR) is 99.8 cm³/mol. The highest BCUT2D eigenvalue weighted by molar-refractivity contribution is 5.77. The second kappa shape index (κ2) is 8.54. The van der Waals surface area contributed by atoms with E-state index in [0.717, 1.165) is 45.2 Å². The Labute approximate surface area is 155 Å². The third-order valence-electron chi connectivity index (χ3n) is 5.86. The number of methoxy groups -OCH3 is 1. The van der Waals surface area contributed by atoms with E-state index in [0.29, 0.717) is 6.54 Å². The highest BCUT2D eigenvalue weighted by Crippen LogP contribution is 2.49. The number of carbonyl (C=O) groups is 2. The zero-order valence-corrected chi connectivity index (χ0v) is 15.5. The summed E-state index contributed by atoms with van der Waals surface area (Å²) in [5.41, 5.74) is 1.40. The largest absolute Gasteiger partial charge is 0.375 e. The maximum atomic E-state index is 12.4. The van der Waals surface area contributed by atoms with Gasteiger partial charge in [0.15, 0.2) is 0 Å². The van der Waals surface area contributed by atoms with Crippen molar-refractivity contribution in [2.24, 2.45) is 5.41 Å². The van der Waals surface area contributed by atoms with Gasteiger partial charge in [-0.25, -0.2) is 4.79 Å². The van der Waals surface area contributed by atoms with Crippen LogP contribution in [0.3, 0.4) is 0 Å². The lowest BCUT2D eigenvalue weighted by Gasteiger charge is -2.54. The van der Waals surface area contributed by atoms with Crippen molar-refractivity contribution in [1.82, 2.24) is 15.5 Å². The van der Waals surface area contributed by atoms with Crippen LogP contribution < -0.4 is 10.6 Å². The van der Waals surface area contributed by atoms with E-state index < -0.39 is 0 Å². The number of nitrogens with zero attached hydrogens (tertiary/aromatic N) is 1. The van der Waals surface area contributed by atoms with Crippen LogP contribution in [0.25, 0.3) is 0 Å². The molecule has 0 radical (unpaired) electrons. The lowest BCUT2D eigenvalue weighted by atomic mass is 9.59. The van der Waals surface area contributed by atoms with Crippen molar-refractivity contribution in [2.45, 2.75) is 38.1 Å². The molecule has 1 spiro atoms. The van der Waals surface area contributed by atoms with Crippen molar-refractivity contribution in [1.29, 1.82) is 0 Å². The van der Waals surface area contributed by atoms with Gasteiger partial charge in [0.05, 0.1) is 0 Å². The van der Waals surface area contributed by atoms with Gasteiger partial charge in [0.25, 0.3) is 0 Å². The van der Waals surface area contributed by atoms with Crippen molar-refractivity contribution in [3.05, 3.63) is 35.9 Å². The highest BCUT2D eigenvalue weighted by Gasteiger charge is 2.49. The van der Waals surface area contributed by atoms with Crippen molar-refractivity contribution in [3.63, 3.8) is 0 Å². The minimum Gasteiger partial charge on any atom is -0.375 e. The zero-order valence-electron chi connectivity index (χ0n) is 15.5. The fourth-order valence-electron chi connectivity index (χ4n) is 4.11. The fraction of sp³-hybridized carbons (Fsp3) is 0.600. The number of hydrogen-bond donors (Lipinski definition) is 2. The number of carbonyl (C=O) groups excluding carboxylic acids is 2. The molecule has 1 unspecified atom stereocenters. The highest BCUT2D eigenvalue weighted by atomic mass is 16.5. The Kier molecular flexibility index (Phi) is 6.14. The van der Waals surface area contributed by atoms with Gasteiger partial charge in [-0.15, -0.1) is 0 Å². The van der Waals surface area contributed by atoms with E-state index in [2.05, 4.69) is 22.8 Å². The first kappa shape index (κ1) is 18.7. The van der Waals surface area contributed by atoms with Gasteiger partial charge in [0, 0.05) is 32.8 Å². The number of amides is 3. The molecule has 0 aromatic heterocycles. The molecule has 3 rings (SSSR count). The summed E-state index contributed by atoms with van der Waals surface area (Å²) >= 11 is 0. The van der Waals surface area contributed by atoms with Crippen molar-refractivity contribution >= 4 is 11.9 Å². The Bertz CT molecular complexity index is 612. The van der Waals surface area contributed by atoms with Gasteiger partial charge in [0.1, 0.15) is 6.61 Å². The first-order chi connectivity index (χ1) is 12.6. The molecule has 3 amide bonds. The Morgan fingerprint density at radius 2 is 1.92 bits per heavy atom. The molecule has 1 aliphatic carbocycles. The number of rotatable bonds is 6. The van der Waals surface area contributed by atoms with Crippen LogP contribution in [0.5, 0.6) is 0 Å². The molecule has 26 heavy (non-hydrogen) atoms. The average molecular weight is 359 g/mol. The molecule has 1 heterocycles. The Balaban J connectivity index is 1.40. The molecular formula is C20H29N3O3. The van der Waals surface area contributed by atoms with E-state index in [-0.39, 0.29) is 30.0 Å². The van der Waals surface area contributed by atoms with E-state index in [4.69, 9.17) is 4.74 Å². The van der Waals surface area contributed by atoms with Gasteiger partial charge < -0.3 is 20.3 Å². The first-order valence-electron chi connectivity index (χ1n) is 9.48. The summed E-state index contributed by atoms with van der Waals surface area (Å²) in [5, 5.41) is 6.12. The number of nitrogens with one attached hydrogen (secondary N) is 2. The minimum absolute atomic E-state index is 0.0232. The normalized spacial score (nSPS) is 21.1. The molecule has 6 heteroatoms. The number of ether oxygens (including phenoxy) is 1. The van der Waals surface area contributed by atoms with Crippen LogP contribution in [0.2, 0.25) is 0 Å². The molecule has 6 nitrogen and oxygen atoms in total. The molecular weight excluding hydrogens is 330 g/mol. The van der Waals surface area contributed by atoms with Gasteiger partial charge in [0.2, 0.25) is 5.91 Å². The fourth-order valence-corrected chi connectivity index (χ4v) is 4.11. The molecule has 0 bridgehead atoms. The van der Waals surface area contributed by atoms with Crippen molar-refractivity contribution in [3.8, 4) is 0 Å². The third kappa shape index (κ3) is 4.36. The average Bonchev–Trinajstić information content (AvgIpc) is 2.66. The van der Waals surface area contributed by atoms with E-state index >= 15 is 0 Å². The van der Waals surface area contributed by atoms with Crippen LogP contribution in [-0.2, 0) is 16.0 Å². The van der Waals surface area contributed by atoms with Gasteiger partial charge in [-0.1, -0.05) is 30.3 Å². The van der Waals surface area contributed by atoms with E-state index in [1.165, 1.54) is 12.7 Å². The quantitative estimate of drug-likeness (QED) is 0.815. The van der Waals surface area contributed by atoms with Gasteiger partial charge in [-0.05, 0) is 43.1 Å². The molecule has 2 aliphatic rings. The van der Waals surface area contributed by atoms with E-state index in [9.17, 15) is 9.59 Å². The third-order valence-corrected chi connectivity index (χ3v) is 5.86. The van der Waals surface area contributed by atoms with E-state index in [1.54, 1.807) is 0 Å². The van der Waals surface area contributed by atoms with Crippen LogP contribution in [-0.4, -0.2) is 56.2 Å². The zero-order chi connectivity index (χ0) is 18.4. The number of urea groups is 1. The van der Waals surface area contributed by atoms with Crippen LogP contribution in [0, 0.1) is 5.41 Å². The van der Waals surface area contributed by atoms with Gasteiger partial charge in [-0.3, -0.25) is 4.79 Å². The number of likely N-dealkylation sites (tertiary alicyclic amines) is 1. The SMILES string of the molecule is COCC(=O)NC1CCC12CCN(C(=O)NCCc1ccccc1)CC2. The molecule has 1 saturated carbocycles. The number of hydrogen-bond acceptors (Lipinski definition) is 3. The van der Waals surface area contributed by atoms with Crippen molar-refractivity contribution < 1.29 is 14.3 Å². The van der Waals surface area contributed by atoms with Gasteiger partial charge in [-0.2, -0.15) is 0 Å². The molecule has 1 atom stereocenters. The van der Waals surface area contributed by atoms with Gasteiger partial charge >= 0.3 is 6.03 Å². The molecule has 2 fully saturated rings. The lowest BCUT2D eigenvalue weighted by Crippen LogP contribution is -2.60. The Morgan fingerprint density at radius 3 is 2.54 bits per heavy atom. The summed E-state index contributed by atoms with van der Waals surface area (Å²) in [6.45, 7) is 2.28. The summed E-state index contributed by atoms with van der Waals surface area (Å²) in [6, 6.07) is 10.4. The predicted octanol–water partition coefficient (Wildman–Crippen LogP) is 1.95. The molecule has 1 aromatic rings. The number of piperidine rings is 1. The molecule has 142 valence electrons. The maximum absolute atomic E-state index is 12.4. The van der Waals surface area contributed by atoms with E-state index in [1.807, 2.05) is 23.1 Å². The van der Waals surface area contributed by atoms with Crippen molar-refractivity contribution in [2.75, 3.05) is 33.4 Å². The lowest BCUT2D eigenvalue weighted by molar-refractivity contribution is -0.129. The molecule has 1 aliphatic heterocycles. The smallest absolute Gasteiger partial charge is 0.317 e. The van der Waals surface area contributed by atoms with Crippen LogP contribution in [0.4, 0.5) is 4.79 Å². The standard InChI is InChI=1S/C20H29N3O3/c1-26-15-18(24)22-17-7-9-20(17)10-13-23(14-11-20)19(25)21-12-8-16-5-3-2-4-6-16/h2-6,17H,7-15H2,1H3,(H,21,25)(H,22,24). The maximum Gasteiger partial charge on any atom is 0.317 e. The van der Waals surface area contributed by atoms with Crippen LogP contribution in [0.1, 0.15) is 31.2 Å². The van der Waals surface area contributed by atoms with Crippen LogP contribution in [0.15, 0.2) is 30.3 Å². The molecule has 2 N–H and O–H groups in total. The summed E-state index contributed by atoms with van der Waals surface area (Å²) in [5.74, 6) is -0.0438. The molecule has 1 saturated heterocycles. The second-order valence-electron chi connectivity index (χ2n) is 7.41. The summed E-state index contributed by atoms with van der Waals surface area (Å²) in [4.78, 5) is 26.1. The minimum atomic E-state index is -0.0438. The second-order valence-corrected chi connectivity index (χ2v) is 7.41. The van der Waals surface area contributed by atoms with Crippen LogP contribution >= 0.6 is 0 Å². The summed E-state index contributed by atoms with van der Waals surface area (Å²) in [6.07, 6.45) is 4.92. The summed E-state index contributed by atoms with van der Waals surface area (Å²) in [7, 11) is 1.53. The molecule has 1 aromatic carbocycles. The number of benzene rings is 1. The first-order valence-corrected chi connectivity index (χ1v) is 9.48. The Morgan fingerprint density at radius 1 is 1.19 bits per heavy atom. The topological polar surface area (TPSA) is 70.7 Å². The Hall–Kier alpha value is -2.08. The monoisotopic (exact) mass is 359 g/mol.